The second-order valence-electron chi connectivity index (χ2n) is 7.07. The predicted octanol–water partition coefficient (Wildman–Crippen LogP) is 4.94. The summed E-state index contributed by atoms with van der Waals surface area (Å²) in [7, 11) is 5.82. The van der Waals surface area contributed by atoms with E-state index in [0.29, 0.717) is 5.75 Å². The number of fused-ring (bicyclic) bond motifs is 5. The Hall–Kier alpha value is -2.52. The van der Waals surface area contributed by atoms with Crippen molar-refractivity contribution < 1.29 is 9.84 Å². The van der Waals surface area contributed by atoms with Crippen LogP contribution in [-0.2, 0) is 4.74 Å². The highest BCUT2D eigenvalue weighted by Crippen LogP contribution is 2.52. The van der Waals surface area contributed by atoms with Crippen LogP contribution in [0.25, 0.3) is 21.9 Å². The first-order valence-corrected chi connectivity index (χ1v) is 8.54. The van der Waals surface area contributed by atoms with Crippen molar-refractivity contribution in [2.45, 2.75) is 20.0 Å². The molecule has 0 fully saturated rings. The third kappa shape index (κ3) is 2.16. The largest absolute Gasteiger partial charge is 0.507 e. The van der Waals surface area contributed by atoms with Gasteiger partial charge in [0, 0.05) is 32.3 Å². The molecule has 0 saturated carbocycles. The summed E-state index contributed by atoms with van der Waals surface area (Å²) in [6.45, 7) is 4.25. The minimum Gasteiger partial charge on any atom is -0.507 e. The van der Waals surface area contributed by atoms with Crippen LogP contribution in [0.15, 0.2) is 36.4 Å². The van der Waals surface area contributed by atoms with Gasteiger partial charge < -0.3 is 14.7 Å². The van der Waals surface area contributed by atoms with Crippen molar-refractivity contribution in [2.75, 3.05) is 26.1 Å². The standard InChI is InChI=1S/C22H23NO2/c1-12-6-8-16-19(24)11-18-21(20(16)13(12)2)15-9-7-14(23(3)4)10-17(15)22(18)25-5/h6-11,22,24H,1-5H3. The number of phenols is 1. The number of anilines is 1. The van der Waals surface area contributed by atoms with Crippen molar-refractivity contribution in [3.63, 3.8) is 0 Å². The zero-order valence-corrected chi connectivity index (χ0v) is 15.3. The first kappa shape index (κ1) is 16.0. The number of benzene rings is 3. The lowest BCUT2D eigenvalue weighted by Gasteiger charge is -2.16. The first-order valence-electron chi connectivity index (χ1n) is 8.54. The highest BCUT2D eigenvalue weighted by molar-refractivity contribution is 6.06. The Balaban J connectivity index is 2.13. The number of rotatable bonds is 2. The Morgan fingerprint density at radius 2 is 1.76 bits per heavy atom. The van der Waals surface area contributed by atoms with Gasteiger partial charge in [-0.2, -0.15) is 0 Å². The van der Waals surface area contributed by atoms with Gasteiger partial charge in [0.25, 0.3) is 0 Å². The summed E-state index contributed by atoms with van der Waals surface area (Å²) in [4.78, 5) is 2.10. The SMILES string of the molecule is COC1c2cc(N(C)C)ccc2-c2c1cc(O)c1ccc(C)c(C)c21. The van der Waals surface area contributed by atoms with Gasteiger partial charge in [0.05, 0.1) is 0 Å². The van der Waals surface area contributed by atoms with E-state index in [-0.39, 0.29) is 6.10 Å². The molecule has 3 aromatic carbocycles. The fourth-order valence-corrected chi connectivity index (χ4v) is 3.98. The number of aromatic hydroxyl groups is 1. The van der Waals surface area contributed by atoms with E-state index in [1.54, 1.807) is 7.11 Å². The van der Waals surface area contributed by atoms with E-state index in [1.165, 1.54) is 22.3 Å². The second kappa shape index (κ2) is 5.50. The van der Waals surface area contributed by atoms with E-state index < -0.39 is 0 Å². The van der Waals surface area contributed by atoms with E-state index >= 15 is 0 Å². The van der Waals surface area contributed by atoms with E-state index in [0.717, 1.165) is 27.6 Å². The minimum atomic E-state index is -0.153. The summed E-state index contributed by atoms with van der Waals surface area (Å²) in [6, 6.07) is 12.5. The van der Waals surface area contributed by atoms with E-state index in [4.69, 9.17) is 4.74 Å². The predicted molar refractivity (Wildman–Crippen MR) is 104 cm³/mol. The molecular formula is C22H23NO2. The smallest absolute Gasteiger partial charge is 0.123 e. The maximum Gasteiger partial charge on any atom is 0.123 e. The molecule has 1 atom stereocenters. The Bertz CT molecular complexity index is 1000. The lowest BCUT2D eigenvalue weighted by Crippen LogP contribution is -2.09. The number of nitrogens with zero attached hydrogens (tertiary/aromatic N) is 1. The molecule has 1 aliphatic carbocycles. The highest BCUT2D eigenvalue weighted by atomic mass is 16.5. The fraction of sp³-hybridized carbons (Fsp3) is 0.273. The molecule has 1 unspecified atom stereocenters. The average molecular weight is 333 g/mol. The quantitative estimate of drug-likeness (QED) is 0.720. The van der Waals surface area contributed by atoms with Gasteiger partial charge >= 0.3 is 0 Å². The Morgan fingerprint density at radius 3 is 2.44 bits per heavy atom. The number of methoxy groups -OCH3 is 1. The van der Waals surface area contributed by atoms with Crippen LogP contribution in [0.1, 0.15) is 28.4 Å². The van der Waals surface area contributed by atoms with E-state index in [2.05, 4.69) is 43.0 Å². The number of hydrogen-bond acceptors (Lipinski definition) is 3. The molecule has 0 aliphatic heterocycles. The summed E-state index contributed by atoms with van der Waals surface area (Å²) in [6.07, 6.45) is -0.153. The molecule has 0 saturated heterocycles. The van der Waals surface area contributed by atoms with Crippen molar-refractivity contribution >= 4 is 16.5 Å². The fourth-order valence-electron chi connectivity index (χ4n) is 3.98. The zero-order chi connectivity index (χ0) is 17.9. The highest BCUT2D eigenvalue weighted by Gasteiger charge is 2.32. The lowest BCUT2D eigenvalue weighted by atomic mass is 9.91. The van der Waals surface area contributed by atoms with Gasteiger partial charge in [-0.3, -0.25) is 0 Å². The minimum absolute atomic E-state index is 0.153. The maximum atomic E-state index is 10.6. The van der Waals surface area contributed by atoms with Crippen molar-refractivity contribution in [2.24, 2.45) is 0 Å². The van der Waals surface area contributed by atoms with Crippen LogP contribution in [0.5, 0.6) is 5.75 Å². The van der Waals surface area contributed by atoms with Crippen molar-refractivity contribution in [3.05, 3.63) is 58.7 Å². The summed E-state index contributed by atoms with van der Waals surface area (Å²) in [5, 5.41) is 12.7. The van der Waals surface area contributed by atoms with Gasteiger partial charge in [0.2, 0.25) is 0 Å². The molecule has 0 spiro atoms. The molecule has 0 amide bonds. The molecule has 0 radical (unpaired) electrons. The van der Waals surface area contributed by atoms with Crippen LogP contribution >= 0.6 is 0 Å². The molecule has 0 bridgehead atoms. The molecule has 1 aliphatic rings. The molecule has 3 heteroatoms. The van der Waals surface area contributed by atoms with Gasteiger partial charge in [-0.15, -0.1) is 0 Å². The third-order valence-corrected chi connectivity index (χ3v) is 5.46. The number of phenolic OH excluding ortho intramolecular Hbond substituents is 1. The molecule has 3 aromatic rings. The van der Waals surface area contributed by atoms with Crippen molar-refractivity contribution in [1.29, 1.82) is 0 Å². The molecule has 0 aromatic heterocycles. The second-order valence-corrected chi connectivity index (χ2v) is 7.07. The molecule has 4 rings (SSSR count). The molecule has 1 N–H and O–H groups in total. The van der Waals surface area contributed by atoms with Crippen LogP contribution in [0.3, 0.4) is 0 Å². The third-order valence-electron chi connectivity index (χ3n) is 5.46. The molecule has 25 heavy (non-hydrogen) atoms. The van der Waals surface area contributed by atoms with Gasteiger partial charge in [0.1, 0.15) is 11.9 Å². The number of hydrogen-bond donors (Lipinski definition) is 1. The number of aryl methyl sites for hydroxylation is 2. The van der Waals surface area contributed by atoms with Crippen LogP contribution < -0.4 is 4.90 Å². The van der Waals surface area contributed by atoms with Gasteiger partial charge in [-0.25, -0.2) is 0 Å². The van der Waals surface area contributed by atoms with Crippen LogP contribution in [0.2, 0.25) is 0 Å². The Labute approximate surface area is 148 Å². The summed E-state index contributed by atoms with van der Waals surface area (Å²) >= 11 is 0. The van der Waals surface area contributed by atoms with Crippen molar-refractivity contribution in [3.8, 4) is 16.9 Å². The van der Waals surface area contributed by atoms with Crippen LogP contribution in [0.4, 0.5) is 5.69 Å². The van der Waals surface area contributed by atoms with E-state index in [1.807, 2.05) is 26.2 Å². The molecule has 128 valence electrons. The van der Waals surface area contributed by atoms with Crippen LogP contribution in [0, 0.1) is 13.8 Å². The monoisotopic (exact) mass is 333 g/mol. The zero-order valence-electron chi connectivity index (χ0n) is 15.3. The maximum absolute atomic E-state index is 10.6. The van der Waals surface area contributed by atoms with Crippen molar-refractivity contribution in [1.82, 2.24) is 0 Å². The average Bonchev–Trinajstić information content (AvgIpc) is 2.90. The van der Waals surface area contributed by atoms with Gasteiger partial charge in [0.15, 0.2) is 0 Å². The molecule has 0 heterocycles. The summed E-state index contributed by atoms with van der Waals surface area (Å²) in [5.74, 6) is 0.319. The first-order chi connectivity index (χ1) is 11.9. The Morgan fingerprint density at radius 1 is 1.00 bits per heavy atom. The van der Waals surface area contributed by atoms with E-state index in [9.17, 15) is 5.11 Å². The van der Waals surface area contributed by atoms with Crippen LogP contribution in [-0.4, -0.2) is 26.3 Å². The normalized spacial score (nSPS) is 15.3. The lowest BCUT2D eigenvalue weighted by molar-refractivity contribution is 0.140. The molecular weight excluding hydrogens is 310 g/mol. The Kier molecular flexibility index (Phi) is 3.51. The summed E-state index contributed by atoms with van der Waals surface area (Å²) in [5.41, 5.74) is 8.20. The van der Waals surface area contributed by atoms with Gasteiger partial charge in [-0.1, -0.05) is 18.2 Å². The molecule has 3 nitrogen and oxygen atoms in total. The number of ether oxygens (including phenoxy) is 1. The van der Waals surface area contributed by atoms with Gasteiger partial charge in [-0.05, 0) is 70.8 Å². The topological polar surface area (TPSA) is 32.7 Å². The summed E-state index contributed by atoms with van der Waals surface area (Å²) < 4.78 is 5.84.